The van der Waals surface area contributed by atoms with E-state index in [1.54, 1.807) is 0 Å². The molecule has 12 heteroatoms. The van der Waals surface area contributed by atoms with Crippen LogP contribution >= 0.6 is 11.6 Å². The zero-order valence-corrected chi connectivity index (χ0v) is 40.3. The molecular formula is C55H65ClF3NO7. The third-order valence-electron chi connectivity index (χ3n) is 22.2. The summed E-state index contributed by atoms with van der Waals surface area (Å²) in [7, 11) is 0. The number of amides is 1. The largest absolute Gasteiger partial charge is 0.453 e. The van der Waals surface area contributed by atoms with Crippen molar-refractivity contribution in [1.29, 1.82) is 0 Å². The fourth-order valence-corrected chi connectivity index (χ4v) is 18.8. The number of benzene rings is 1. The molecule has 10 atom stereocenters. The second-order valence-electron chi connectivity index (χ2n) is 25.2. The summed E-state index contributed by atoms with van der Waals surface area (Å²) in [6.07, 6.45) is 13.6. The van der Waals surface area contributed by atoms with Gasteiger partial charge in [-0.2, -0.15) is 13.2 Å². The van der Waals surface area contributed by atoms with Gasteiger partial charge in [0.05, 0.1) is 34.3 Å². The van der Waals surface area contributed by atoms with Crippen LogP contribution in [-0.2, 0) is 20.5 Å². The van der Waals surface area contributed by atoms with Gasteiger partial charge in [-0.05, 0) is 174 Å². The Balaban J connectivity index is 0.936. The first kappa shape index (κ1) is 44.8. The number of carbonyl (C=O) groups is 3. The number of ketones is 1. The molecule has 8 bridgehead atoms. The number of aliphatic hydroxyl groups is 2. The second-order valence-corrected chi connectivity index (χ2v) is 25.7. The lowest BCUT2D eigenvalue weighted by Crippen LogP contribution is -2.68. The smallest absolute Gasteiger partial charge is 0.416 e. The van der Waals surface area contributed by atoms with Crippen molar-refractivity contribution in [3.8, 4) is 11.3 Å². The molecule has 1 saturated heterocycles. The molecule has 10 unspecified atom stereocenters. The summed E-state index contributed by atoms with van der Waals surface area (Å²) in [6.45, 7) is 11.1. The van der Waals surface area contributed by atoms with Gasteiger partial charge in [-0.1, -0.05) is 57.5 Å². The van der Waals surface area contributed by atoms with Crippen molar-refractivity contribution >= 4 is 29.3 Å². The number of rotatable bonds is 8. The fourth-order valence-electron chi connectivity index (χ4n) is 18.6. The van der Waals surface area contributed by atoms with Crippen LogP contribution in [0.2, 0.25) is 5.02 Å². The minimum absolute atomic E-state index is 0.0114. The highest BCUT2D eigenvalue weighted by atomic mass is 35.5. The molecule has 2 heterocycles. The highest BCUT2D eigenvalue weighted by Gasteiger charge is 2.78. The molecule has 2 spiro atoms. The highest BCUT2D eigenvalue weighted by Crippen LogP contribution is 2.79. The Bertz CT molecular complexity index is 2550. The van der Waals surface area contributed by atoms with E-state index in [2.05, 4.69) is 32.1 Å². The third-order valence-corrected chi connectivity index (χ3v) is 22.5. The lowest BCUT2D eigenvalue weighted by molar-refractivity contribution is -0.191. The van der Waals surface area contributed by atoms with Crippen LogP contribution in [-0.4, -0.2) is 63.2 Å². The van der Waals surface area contributed by atoms with E-state index in [0.29, 0.717) is 81.2 Å². The fraction of sp³-hybridized carbons (Fsp3) is 0.691. The van der Waals surface area contributed by atoms with Gasteiger partial charge in [-0.3, -0.25) is 14.4 Å². The zero-order chi connectivity index (χ0) is 47.3. The summed E-state index contributed by atoms with van der Waals surface area (Å²) in [5, 5.41) is 25.1. The Hall–Kier alpha value is -3.41. The number of carbonyl (C=O) groups excluding carboxylic acids is 3. The van der Waals surface area contributed by atoms with Crippen molar-refractivity contribution in [2.45, 2.75) is 154 Å². The van der Waals surface area contributed by atoms with E-state index in [1.165, 1.54) is 37.5 Å². The van der Waals surface area contributed by atoms with Crippen LogP contribution in [0.3, 0.4) is 0 Å². The van der Waals surface area contributed by atoms with Gasteiger partial charge in [0.25, 0.3) is 5.91 Å². The van der Waals surface area contributed by atoms with E-state index >= 15 is 9.59 Å². The maximum atomic E-state index is 15.8. The van der Waals surface area contributed by atoms with Gasteiger partial charge in [0.2, 0.25) is 5.78 Å². The molecule has 14 rings (SSSR count). The number of halogens is 4. The van der Waals surface area contributed by atoms with Gasteiger partial charge >= 0.3 is 12.1 Å². The van der Waals surface area contributed by atoms with Crippen LogP contribution in [0, 0.1) is 67.5 Å². The zero-order valence-electron chi connectivity index (χ0n) is 39.5. The summed E-state index contributed by atoms with van der Waals surface area (Å²) in [6, 6.07) is 6.06. The Labute approximate surface area is 396 Å². The molecular weight excluding hydrogens is 879 g/mol. The standard InChI is InChI=1S/C55H65ClF3NO7/c1-46(2)49(5)16-19-54(46,67-45(49)64)44(63)60(29-50-24-31-20-32(25-50)22-33(21-31)26-50)30-52(65)15-12-42-48(52,4)14-11-41-47(3)13-10-35(61)27-51(47)17-18-53(41,42)37(28-51)43(62)40-9-8-39(66-40)36-23-34(55(57,58)59)6-7-38(36)56/h6-9,17-18,23,28,31-33,35,41-42,61,65H,10-16,19-22,24-27,29-30H2,1-5H3. The summed E-state index contributed by atoms with van der Waals surface area (Å²) < 4.78 is 54.1. The number of Topliss-reactive ketones (excluding diaryl/α,β-unsaturated/α-hetero) is 1. The van der Waals surface area contributed by atoms with E-state index in [1.807, 2.05) is 25.7 Å². The average Bonchev–Trinajstić information content (AvgIpc) is 3.94. The van der Waals surface area contributed by atoms with E-state index in [0.717, 1.165) is 37.8 Å². The molecule has 2 N–H and O–H groups in total. The monoisotopic (exact) mass is 943 g/mol. The predicted molar refractivity (Wildman–Crippen MR) is 244 cm³/mol. The molecule has 0 radical (unpaired) electrons. The van der Waals surface area contributed by atoms with Gasteiger partial charge < -0.3 is 24.3 Å². The number of allylic oxidation sites excluding steroid dienone is 4. The molecule has 8 nitrogen and oxygen atoms in total. The van der Waals surface area contributed by atoms with Gasteiger partial charge in [-0.25, -0.2) is 0 Å². The van der Waals surface area contributed by atoms with Crippen molar-refractivity contribution < 1.29 is 46.9 Å². The highest BCUT2D eigenvalue weighted by molar-refractivity contribution is 6.33. The minimum atomic E-state index is -4.61. The van der Waals surface area contributed by atoms with Crippen LogP contribution in [0.1, 0.15) is 147 Å². The molecule has 1 amide bonds. The lowest BCUT2D eigenvalue weighted by Gasteiger charge is -2.71. The van der Waals surface area contributed by atoms with Crippen molar-refractivity contribution in [3.63, 3.8) is 0 Å². The Morgan fingerprint density at radius 3 is 2.12 bits per heavy atom. The van der Waals surface area contributed by atoms with Crippen LogP contribution in [0.25, 0.3) is 11.3 Å². The van der Waals surface area contributed by atoms with Crippen molar-refractivity contribution in [3.05, 3.63) is 70.5 Å². The van der Waals surface area contributed by atoms with Crippen molar-refractivity contribution in [2.24, 2.45) is 67.5 Å². The van der Waals surface area contributed by atoms with Gasteiger partial charge in [-0.15, -0.1) is 0 Å². The molecule has 12 aliphatic rings. The molecule has 1 aromatic heterocycles. The van der Waals surface area contributed by atoms with Gasteiger partial charge in [0.1, 0.15) is 5.76 Å². The summed E-state index contributed by atoms with van der Waals surface area (Å²) >= 11 is 6.47. The SMILES string of the molecule is CC12CCC(C(=O)N(CC34CC5CC(CC(C5)C3)C4)CC3(O)CCC4C56C=CC7(C=C5C(=O)c5ccc(-c8cc(C(F)(F)F)ccc8Cl)o5)CC(O)CCC7(C)C6CCC43C)(OC1=O)C2(C)C. The van der Waals surface area contributed by atoms with Crippen LogP contribution in [0.4, 0.5) is 13.2 Å². The molecule has 9 fully saturated rings. The number of fused-ring (bicyclic) bond motifs is 3. The van der Waals surface area contributed by atoms with Crippen LogP contribution < -0.4 is 0 Å². The molecule has 2 aromatic rings. The van der Waals surface area contributed by atoms with Crippen molar-refractivity contribution in [2.75, 3.05) is 13.1 Å². The number of ether oxygens (including phenoxy) is 1. The van der Waals surface area contributed by atoms with Gasteiger partial charge in [0, 0.05) is 39.3 Å². The molecule has 11 aliphatic carbocycles. The lowest BCUT2D eigenvalue weighted by atomic mass is 9.32. The predicted octanol–water partition coefficient (Wildman–Crippen LogP) is 11.6. The first-order chi connectivity index (χ1) is 31.4. The number of nitrogens with zero attached hydrogens (tertiary/aromatic N) is 1. The second kappa shape index (κ2) is 13.7. The maximum absolute atomic E-state index is 15.8. The minimum Gasteiger partial charge on any atom is -0.453 e. The number of hydrogen-bond donors (Lipinski definition) is 2. The number of aliphatic hydroxyl groups excluding tert-OH is 1. The van der Waals surface area contributed by atoms with Crippen molar-refractivity contribution in [1.82, 2.24) is 4.90 Å². The third kappa shape index (κ3) is 5.60. The van der Waals surface area contributed by atoms with E-state index in [4.69, 9.17) is 20.8 Å². The Morgan fingerprint density at radius 1 is 0.821 bits per heavy atom. The van der Waals surface area contributed by atoms with E-state index in [-0.39, 0.29) is 69.0 Å². The maximum Gasteiger partial charge on any atom is 0.416 e. The molecule has 1 aliphatic heterocycles. The Kier molecular flexibility index (Phi) is 9.16. The quantitative estimate of drug-likeness (QED) is 0.154. The number of esters is 1. The van der Waals surface area contributed by atoms with Gasteiger partial charge in [0.15, 0.2) is 11.4 Å². The molecule has 1 aromatic carbocycles. The molecule has 360 valence electrons. The first-order valence-corrected chi connectivity index (χ1v) is 25.6. The normalized spacial score (nSPS) is 46.0. The molecule has 67 heavy (non-hydrogen) atoms. The molecule has 8 saturated carbocycles. The summed E-state index contributed by atoms with van der Waals surface area (Å²) in [5.74, 6) is 0.885. The summed E-state index contributed by atoms with van der Waals surface area (Å²) in [4.78, 5) is 46.9. The van der Waals surface area contributed by atoms with Crippen LogP contribution in [0.15, 0.2) is 58.6 Å². The van der Waals surface area contributed by atoms with E-state index < -0.39 is 56.1 Å². The number of alkyl halides is 3. The first-order valence-electron chi connectivity index (χ1n) is 25.3. The summed E-state index contributed by atoms with van der Waals surface area (Å²) in [5.41, 5.74) is -7.11. The number of furan rings is 1. The number of hydrogen-bond acceptors (Lipinski definition) is 7. The van der Waals surface area contributed by atoms with Crippen LogP contribution in [0.5, 0.6) is 0 Å². The average molecular weight is 945 g/mol. The topological polar surface area (TPSA) is 117 Å². The van der Waals surface area contributed by atoms with E-state index in [9.17, 15) is 28.2 Å². The Morgan fingerprint density at radius 2 is 1.48 bits per heavy atom.